The molecule has 5 unspecified atom stereocenters. The van der Waals surface area contributed by atoms with Gasteiger partial charge in [-0.15, -0.1) is 0 Å². The summed E-state index contributed by atoms with van der Waals surface area (Å²) in [5.74, 6) is 0. The Labute approximate surface area is 92.0 Å². The summed E-state index contributed by atoms with van der Waals surface area (Å²) in [7, 11) is 2.03. The zero-order valence-electron chi connectivity index (χ0n) is 7.74. The van der Waals surface area contributed by atoms with Gasteiger partial charge in [-0.1, -0.05) is 15.9 Å². The Morgan fingerprint density at radius 2 is 2.15 bits per heavy atom. The minimum absolute atomic E-state index is 0.146. The minimum atomic E-state index is -0.146. The third-order valence-corrected chi connectivity index (χ3v) is 6.48. The van der Waals surface area contributed by atoms with Crippen molar-refractivity contribution in [3.63, 3.8) is 0 Å². The number of aliphatic hydroxyl groups excluding tert-OH is 1. The first-order valence-corrected chi connectivity index (χ1v) is 6.73. The van der Waals surface area contributed by atoms with Crippen molar-refractivity contribution < 1.29 is 5.11 Å². The predicted octanol–water partition coefficient (Wildman–Crippen LogP) is 1.37. The molecule has 2 bridgehead atoms. The van der Waals surface area contributed by atoms with Crippen LogP contribution in [-0.2, 0) is 0 Å². The van der Waals surface area contributed by atoms with E-state index in [0.29, 0.717) is 21.4 Å². The number of hydrogen-bond donors (Lipinski definition) is 2. The molecule has 0 aromatic heterocycles. The second-order valence-corrected chi connectivity index (χ2v) is 6.47. The molecule has 2 aliphatic heterocycles. The summed E-state index contributed by atoms with van der Waals surface area (Å²) in [4.78, 5) is 0.312. The highest BCUT2D eigenvalue weighted by Crippen LogP contribution is 2.44. The van der Waals surface area contributed by atoms with Crippen molar-refractivity contribution in [2.24, 2.45) is 0 Å². The number of rotatable bonds is 1. The van der Waals surface area contributed by atoms with Gasteiger partial charge in [-0.05, 0) is 26.3 Å². The Kier molecular flexibility index (Phi) is 3.23. The molecule has 0 amide bonds. The van der Waals surface area contributed by atoms with E-state index in [-0.39, 0.29) is 6.10 Å². The Bertz CT molecular complexity index is 190. The van der Waals surface area contributed by atoms with Crippen molar-refractivity contribution in [2.75, 3.05) is 7.05 Å². The first kappa shape index (κ1) is 10.3. The summed E-state index contributed by atoms with van der Waals surface area (Å²) >= 11 is 5.64. The van der Waals surface area contributed by atoms with E-state index in [4.69, 9.17) is 0 Å². The van der Waals surface area contributed by atoms with E-state index < -0.39 is 0 Å². The number of aliphatic hydroxyl groups is 1. The average Bonchev–Trinajstić information content (AvgIpc) is 2.15. The molecule has 0 saturated carbocycles. The third kappa shape index (κ3) is 1.91. The maximum absolute atomic E-state index is 9.81. The zero-order chi connectivity index (χ0) is 9.42. The van der Waals surface area contributed by atoms with E-state index in [1.807, 2.05) is 18.8 Å². The predicted molar refractivity (Wildman–Crippen MR) is 60.6 cm³/mol. The molecule has 2 rings (SSSR count). The molecule has 5 atom stereocenters. The van der Waals surface area contributed by atoms with E-state index in [2.05, 4.69) is 21.2 Å². The molecular weight excluding hydrogens is 250 g/mol. The Morgan fingerprint density at radius 3 is 2.85 bits per heavy atom. The van der Waals surface area contributed by atoms with Crippen molar-refractivity contribution in [1.29, 1.82) is 0 Å². The van der Waals surface area contributed by atoms with Gasteiger partial charge >= 0.3 is 0 Å². The molecule has 0 radical (unpaired) electrons. The molecular formula is C9H16BrNOS. The van der Waals surface area contributed by atoms with Crippen molar-refractivity contribution in [2.45, 2.75) is 46.7 Å². The molecule has 0 aromatic carbocycles. The van der Waals surface area contributed by atoms with Crippen LogP contribution >= 0.6 is 27.7 Å². The lowest BCUT2D eigenvalue weighted by atomic mass is 9.93. The lowest BCUT2D eigenvalue weighted by molar-refractivity contribution is 0.141. The van der Waals surface area contributed by atoms with Crippen LogP contribution in [0.3, 0.4) is 0 Å². The lowest BCUT2D eigenvalue weighted by Gasteiger charge is -2.44. The van der Waals surface area contributed by atoms with Gasteiger partial charge in [-0.3, -0.25) is 0 Å². The molecule has 2 saturated heterocycles. The van der Waals surface area contributed by atoms with E-state index >= 15 is 0 Å². The molecule has 2 aliphatic rings. The lowest BCUT2D eigenvalue weighted by Crippen LogP contribution is -2.50. The van der Waals surface area contributed by atoms with Gasteiger partial charge in [0.15, 0.2) is 0 Å². The van der Waals surface area contributed by atoms with Crippen LogP contribution in [0.15, 0.2) is 0 Å². The number of hydrogen-bond acceptors (Lipinski definition) is 3. The van der Waals surface area contributed by atoms with Crippen molar-refractivity contribution in [3.8, 4) is 0 Å². The van der Waals surface area contributed by atoms with E-state index in [9.17, 15) is 5.11 Å². The van der Waals surface area contributed by atoms with Gasteiger partial charge in [0.25, 0.3) is 0 Å². The second-order valence-electron chi connectivity index (χ2n) is 3.93. The summed E-state index contributed by atoms with van der Waals surface area (Å²) in [6.45, 7) is 0. The highest BCUT2D eigenvalue weighted by atomic mass is 79.9. The van der Waals surface area contributed by atoms with Crippen LogP contribution < -0.4 is 5.32 Å². The highest BCUT2D eigenvalue weighted by Gasteiger charge is 2.42. The number of fused-ring (bicyclic) bond motifs is 2. The van der Waals surface area contributed by atoms with Crippen LogP contribution in [0, 0.1) is 0 Å². The van der Waals surface area contributed by atoms with Gasteiger partial charge in [0.2, 0.25) is 0 Å². The zero-order valence-corrected chi connectivity index (χ0v) is 10.1. The van der Waals surface area contributed by atoms with Gasteiger partial charge in [-0.2, -0.15) is 11.8 Å². The molecule has 2 heterocycles. The molecule has 76 valence electrons. The van der Waals surface area contributed by atoms with E-state index in [1.54, 1.807) is 0 Å². The quantitative estimate of drug-likeness (QED) is 0.703. The SMILES string of the molecule is CNC1CCC2SC1CC(O)C2Br. The fourth-order valence-electron chi connectivity index (χ4n) is 2.32. The summed E-state index contributed by atoms with van der Waals surface area (Å²) in [5, 5.41) is 14.4. The van der Waals surface area contributed by atoms with Crippen LogP contribution in [-0.4, -0.2) is 39.6 Å². The van der Waals surface area contributed by atoms with Gasteiger partial charge in [0.05, 0.1) is 10.9 Å². The third-order valence-electron chi connectivity index (χ3n) is 3.13. The van der Waals surface area contributed by atoms with Gasteiger partial charge in [0.1, 0.15) is 0 Å². The normalized spacial score (nSPS) is 50.5. The van der Waals surface area contributed by atoms with Crippen LogP contribution in [0.25, 0.3) is 0 Å². The molecule has 2 fully saturated rings. The van der Waals surface area contributed by atoms with Gasteiger partial charge in [0, 0.05) is 16.5 Å². The monoisotopic (exact) mass is 265 g/mol. The minimum Gasteiger partial charge on any atom is -0.392 e. The van der Waals surface area contributed by atoms with Crippen molar-refractivity contribution >= 4 is 27.7 Å². The van der Waals surface area contributed by atoms with E-state index in [1.165, 1.54) is 12.8 Å². The largest absolute Gasteiger partial charge is 0.392 e. The molecule has 0 aliphatic carbocycles. The Morgan fingerprint density at radius 1 is 1.38 bits per heavy atom. The number of alkyl halides is 1. The second kappa shape index (κ2) is 4.09. The number of thioether (sulfide) groups is 1. The molecule has 0 spiro atoms. The average molecular weight is 266 g/mol. The molecule has 2 N–H and O–H groups in total. The molecule has 0 aromatic rings. The molecule has 13 heavy (non-hydrogen) atoms. The number of halogens is 1. The smallest absolute Gasteiger partial charge is 0.0687 e. The Balaban J connectivity index is 2.05. The fraction of sp³-hybridized carbons (Fsp3) is 1.00. The summed E-state index contributed by atoms with van der Waals surface area (Å²) < 4.78 is 0. The van der Waals surface area contributed by atoms with Crippen molar-refractivity contribution in [1.82, 2.24) is 5.32 Å². The van der Waals surface area contributed by atoms with Crippen LogP contribution in [0.2, 0.25) is 0 Å². The molecule has 4 heteroatoms. The summed E-state index contributed by atoms with van der Waals surface area (Å²) in [6.07, 6.45) is 3.27. The number of nitrogens with one attached hydrogen (secondary N) is 1. The standard InChI is InChI=1S/C9H16BrNOS/c1-11-5-2-3-7-9(10)6(12)4-8(5)13-7/h5-9,11-12H,2-4H2,1H3. The molecule has 2 nitrogen and oxygen atoms in total. The van der Waals surface area contributed by atoms with Crippen LogP contribution in [0.5, 0.6) is 0 Å². The van der Waals surface area contributed by atoms with Gasteiger partial charge < -0.3 is 10.4 Å². The first-order chi connectivity index (χ1) is 6.22. The first-order valence-electron chi connectivity index (χ1n) is 4.87. The summed E-state index contributed by atoms with van der Waals surface area (Å²) in [6, 6.07) is 0.607. The summed E-state index contributed by atoms with van der Waals surface area (Å²) in [5.41, 5.74) is 0. The Hall–Kier alpha value is 0.750. The maximum Gasteiger partial charge on any atom is 0.0687 e. The van der Waals surface area contributed by atoms with Crippen LogP contribution in [0.4, 0.5) is 0 Å². The fourth-order valence-corrected chi connectivity index (χ4v) is 4.99. The van der Waals surface area contributed by atoms with Crippen LogP contribution in [0.1, 0.15) is 19.3 Å². The van der Waals surface area contributed by atoms with Crippen molar-refractivity contribution in [3.05, 3.63) is 0 Å². The van der Waals surface area contributed by atoms with E-state index in [0.717, 1.165) is 6.42 Å². The van der Waals surface area contributed by atoms with Gasteiger partial charge in [-0.25, -0.2) is 0 Å². The highest BCUT2D eigenvalue weighted by molar-refractivity contribution is 9.09. The topological polar surface area (TPSA) is 32.3 Å². The maximum atomic E-state index is 9.81.